The van der Waals surface area contributed by atoms with Crippen molar-refractivity contribution in [2.45, 2.75) is 26.1 Å². The topological polar surface area (TPSA) is 65.0 Å². The number of aliphatic hydroxyl groups is 1. The zero-order valence-corrected chi connectivity index (χ0v) is 14.1. The van der Waals surface area contributed by atoms with E-state index in [-0.39, 0.29) is 25.1 Å². The molecule has 2 unspecified atom stereocenters. The molecule has 0 spiro atoms. The second-order valence-corrected chi connectivity index (χ2v) is 5.68. The van der Waals surface area contributed by atoms with Crippen LogP contribution in [-0.2, 0) is 9.47 Å². The molecule has 1 rings (SSSR count). The highest BCUT2D eigenvalue weighted by Gasteiger charge is 2.13. The highest BCUT2D eigenvalue weighted by molar-refractivity contribution is 9.10. The number of ketones is 1. The molecule has 0 amide bonds. The fraction of sp³-hybridized carbons (Fsp3) is 0.533. The molecule has 1 N–H and O–H groups in total. The summed E-state index contributed by atoms with van der Waals surface area (Å²) in [4.78, 5) is 11.5. The molecule has 0 radical (unpaired) electrons. The number of aliphatic hydroxyl groups excluding tert-OH is 1. The normalized spacial score (nSPS) is 13.8. The number of hydrogen-bond acceptors (Lipinski definition) is 5. The van der Waals surface area contributed by atoms with Gasteiger partial charge in [0, 0.05) is 11.6 Å². The van der Waals surface area contributed by atoms with Gasteiger partial charge in [-0.3, -0.25) is 4.79 Å². The highest BCUT2D eigenvalue weighted by Crippen LogP contribution is 2.24. The van der Waals surface area contributed by atoms with E-state index in [2.05, 4.69) is 15.9 Å². The molecule has 2 atom stereocenters. The molecular weight excluding hydrogens is 340 g/mol. The van der Waals surface area contributed by atoms with E-state index in [1.54, 1.807) is 25.3 Å². The van der Waals surface area contributed by atoms with Crippen LogP contribution in [0.5, 0.6) is 5.75 Å². The smallest absolute Gasteiger partial charge is 0.163 e. The number of methoxy groups -OCH3 is 1. The van der Waals surface area contributed by atoms with Crippen LogP contribution in [0.2, 0.25) is 0 Å². The van der Waals surface area contributed by atoms with E-state index in [1.165, 1.54) is 6.92 Å². The van der Waals surface area contributed by atoms with Crippen LogP contribution in [0.1, 0.15) is 24.2 Å². The molecular formula is C15H21BrO5. The fourth-order valence-electron chi connectivity index (χ4n) is 1.70. The molecule has 6 heteroatoms. The van der Waals surface area contributed by atoms with Gasteiger partial charge < -0.3 is 19.3 Å². The molecule has 1 aromatic rings. The Hall–Kier alpha value is -0.950. The third-order valence-corrected chi connectivity index (χ3v) is 3.22. The lowest BCUT2D eigenvalue weighted by atomic mass is 10.1. The van der Waals surface area contributed by atoms with Crippen LogP contribution in [0.15, 0.2) is 22.7 Å². The van der Waals surface area contributed by atoms with Crippen LogP contribution in [0, 0.1) is 0 Å². The van der Waals surface area contributed by atoms with Crippen molar-refractivity contribution in [3.8, 4) is 5.75 Å². The van der Waals surface area contributed by atoms with Crippen LogP contribution >= 0.6 is 15.9 Å². The van der Waals surface area contributed by atoms with Gasteiger partial charge >= 0.3 is 0 Å². The Labute approximate surface area is 133 Å². The number of carbonyl (C=O) groups excluding carboxylic acids is 1. The average Bonchev–Trinajstić information content (AvgIpc) is 2.43. The maximum Gasteiger partial charge on any atom is 0.163 e. The molecule has 0 fully saturated rings. The first kappa shape index (κ1) is 18.1. The second-order valence-electron chi connectivity index (χ2n) is 4.76. The van der Waals surface area contributed by atoms with Gasteiger partial charge in [-0.25, -0.2) is 0 Å². The Balaban J connectivity index is 2.51. The summed E-state index contributed by atoms with van der Waals surface area (Å²) in [6, 6.07) is 5.17. The van der Waals surface area contributed by atoms with Crippen molar-refractivity contribution >= 4 is 21.7 Å². The van der Waals surface area contributed by atoms with E-state index in [1.807, 2.05) is 6.92 Å². The van der Waals surface area contributed by atoms with Crippen LogP contribution in [0.25, 0.3) is 0 Å². The Morgan fingerprint density at radius 2 is 2.05 bits per heavy atom. The molecule has 118 valence electrons. The molecule has 0 aromatic heterocycles. The number of benzene rings is 1. The van der Waals surface area contributed by atoms with Gasteiger partial charge in [-0.15, -0.1) is 0 Å². The Kier molecular flexibility index (Phi) is 7.88. The van der Waals surface area contributed by atoms with Gasteiger partial charge in [-0.1, -0.05) is 15.9 Å². The van der Waals surface area contributed by atoms with Crippen molar-refractivity contribution in [3.05, 3.63) is 28.2 Å². The SMILES string of the molecule is COCC(C)OCC(O)COc1cc(Br)ccc1C(C)=O. The van der Waals surface area contributed by atoms with E-state index >= 15 is 0 Å². The van der Waals surface area contributed by atoms with Gasteiger partial charge in [0.15, 0.2) is 5.78 Å². The predicted octanol–water partition coefficient (Wildman–Crippen LogP) is 2.44. The average molecular weight is 361 g/mol. The van der Waals surface area contributed by atoms with E-state index in [4.69, 9.17) is 14.2 Å². The van der Waals surface area contributed by atoms with E-state index in [9.17, 15) is 9.90 Å². The summed E-state index contributed by atoms with van der Waals surface area (Å²) in [5.41, 5.74) is 0.485. The molecule has 0 bridgehead atoms. The number of halogens is 1. The number of rotatable bonds is 9. The molecule has 1 aromatic carbocycles. The molecule has 0 saturated carbocycles. The Morgan fingerprint density at radius 1 is 1.33 bits per heavy atom. The van der Waals surface area contributed by atoms with E-state index in [0.29, 0.717) is 17.9 Å². The van der Waals surface area contributed by atoms with Crippen molar-refractivity contribution in [2.24, 2.45) is 0 Å². The van der Waals surface area contributed by atoms with Crippen molar-refractivity contribution < 1.29 is 24.1 Å². The first-order valence-corrected chi connectivity index (χ1v) is 7.45. The lowest BCUT2D eigenvalue weighted by Gasteiger charge is -2.17. The Morgan fingerprint density at radius 3 is 2.67 bits per heavy atom. The molecule has 0 aliphatic rings. The van der Waals surface area contributed by atoms with Gasteiger partial charge in [0.25, 0.3) is 0 Å². The third kappa shape index (κ3) is 6.56. The molecule has 0 aliphatic carbocycles. The fourth-order valence-corrected chi connectivity index (χ4v) is 2.04. The monoisotopic (exact) mass is 360 g/mol. The summed E-state index contributed by atoms with van der Waals surface area (Å²) in [5, 5.41) is 9.84. The molecule has 0 saturated heterocycles. The standard InChI is InChI=1S/C15H21BrO5/c1-10(7-19-3)20-8-13(18)9-21-15-6-12(16)4-5-14(15)11(2)17/h4-6,10,13,18H,7-9H2,1-3H3. The summed E-state index contributed by atoms with van der Waals surface area (Å²) in [5.74, 6) is 0.359. The minimum Gasteiger partial charge on any atom is -0.490 e. The number of carbonyl (C=O) groups is 1. The second kappa shape index (κ2) is 9.15. The van der Waals surface area contributed by atoms with Gasteiger partial charge in [0.1, 0.15) is 18.5 Å². The predicted molar refractivity (Wildman–Crippen MR) is 82.9 cm³/mol. The van der Waals surface area contributed by atoms with E-state index in [0.717, 1.165) is 4.47 Å². The lowest BCUT2D eigenvalue weighted by Crippen LogP contribution is -2.27. The van der Waals surface area contributed by atoms with Gasteiger partial charge in [-0.05, 0) is 32.0 Å². The first-order chi connectivity index (χ1) is 9.93. The van der Waals surface area contributed by atoms with Crippen LogP contribution in [0.4, 0.5) is 0 Å². The van der Waals surface area contributed by atoms with Gasteiger partial charge in [0.05, 0.1) is 24.9 Å². The van der Waals surface area contributed by atoms with Gasteiger partial charge in [-0.2, -0.15) is 0 Å². The zero-order valence-electron chi connectivity index (χ0n) is 12.5. The summed E-state index contributed by atoms with van der Waals surface area (Å²) in [7, 11) is 1.59. The number of Topliss-reactive ketones (excluding diaryl/α,β-unsaturated/α-hetero) is 1. The van der Waals surface area contributed by atoms with Gasteiger partial charge in [0.2, 0.25) is 0 Å². The highest BCUT2D eigenvalue weighted by atomic mass is 79.9. The first-order valence-electron chi connectivity index (χ1n) is 6.66. The largest absolute Gasteiger partial charge is 0.490 e. The third-order valence-electron chi connectivity index (χ3n) is 2.73. The van der Waals surface area contributed by atoms with E-state index < -0.39 is 6.10 Å². The van der Waals surface area contributed by atoms with Crippen molar-refractivity contribution in [2.75, 3.05) is 26.9 Å². The number of hydrogen-bond donors (Lipinski definition) is 1. The molecule has 21 heavy (non-hydrogen) atoms. The minimum atomic E-state index is -0.775. The minimum absolute atomic E-state index is 0.0520. The Bertz CT molecular complexity index is 463. The van der Waals surface area contributed by atoms with Crippen LogP contribution < -0.4 is 4.74 Å². The summed E-state index contributed by atoms with van der Waals surface area (Å²) >= 11 is 3.33. The van der Waals surface area contributed by atoms with Crippen LogP contribution in [-0.4, -0.2) is 50.0 Å². The quantitative estimate of drug-likeness (QED) is 0.685. The van der Waals surface area contributed by atoms with Crippen molar-refractivity contribution in [3.63, 3.8) is 0 Å². The van der Waals surface area contributed by atoms with Crippen LogP contribution in [0.3, 0.4) is 0 Å². The maximum atomic E-state index is 11.5. The summed E-state index contributed by atoms with van der Waals surface area (Å²) in [6.45, 7) is 4.00. The molecule has 5 nitrogen and oxygen atoms in total. The van der Waals surface area contributed by atoms with Crippen molar-refractivity contribution in [1.29, 1.82) is 0 Å². The van der Waals surface area contributed by atoms with Crippen molar-refractivity contribution in [1.82, 2.24) is 0 Å². The summed E-state index contributed by atoms with van der Waals surface area (Å²) in [6.07, 6.45) is -0.869. The summed E-state index contributed by atoms with van der Waals surface area (Å²) < 4.78 is 16.7. The number of ether oxygens (including phenoxy) is 3. The zero-order chi connectivity index (χ0) is 15.8. The molecule has 0 heterocycles. The lowest BCUT2D eigenvalue weighted by molar-refractivity contribution is -0.0423. The maximum absolute atomic E-state index is 11.5. The molecule has 0 aliphatic heterocycles.